The molecule has 1 aliphatic carbocycles. The molecule has 3 saturated heterocycles. The van der Waals surface area contributed by atoms with Gasteiger partial charge in [-0.2, -0.15) is 0 Å². The van der Waals surface area contributed by atoms with Gasteiger partial charge in [-0.1, -0.05) is 12.8 Å². The molecule has 4 fully saturated rings. The first kappa shape index (κ1) is 27.0. The first-order valence-corrected chi connectivity index (χ1v) is 15.1. The highest BCUT2D eigenvalue weighted by Gasteiger charge is 2.29. The van der Waals surface area contributed by atoms with E-state index in [1.807, 2.05) is 23.1 Å². The number of nitrogens with two attached hydrogens (primary N) is 2. The lowest BCUT2D eigenvalue weighted by Crippen LogP contribution is -2.89. The predicted octanol–water partition coefficient (Wildman–Crippen LogP) is 1.18. The number of hydrogen-bond donors (Lipinski definition) is 2. The van der Waals surface area contributed by atoms with Crippen LogP contribution in [0.2, 0.25) is 0 Å². The molecular weight excluding hydrogens is 509 g/mol. The molecule has 0 aromatic heterocycles. The number of ether oxygens (including phenoxy) is 1. The van der Waals surface area contributed by atoms with Gasteiger partial charge in [0, 0.05) is 49.4 Å². The van der Waals surface area contributed by atoms with Crippen molar-refractivity contribution in [2.45, 2.75) is 44.1 Å². The molecule has 2 aromatic rings. The van der Waals surface area contributed by atoms with Gasteiger partial charge in [-0.3, -0.25) is 9.59 Å². The molecule has 4 aliphatic rings. The summed E-state index contributed by atoms with van der Waals surface area (Å²) in [6.45, 7) is 7.49. The van der Waals surface area contributed by atoms with Crippen molar-refractivity contribution in [3.05, 3.63) is 58.9 Å². The van der Waals surface area contributed by atoms with Gasteiger partial charge in [0.1, 0.15) is 18.1 Å². The van der Waals surface area contributed by atoms with E-state index in [1.54, 1.807) is 4.90 Å². The average Bonchev–Trinajstić information content (AvgIpc) is 3.72. The van der Waals surface area contributed by atoms with Gasteiger partial charge in [-0.15, -0.1) is 0 Å². The summed E-state index contributed by atoms with van der Waals surface area (Å²) in [7, 11) is 0. The topological polar surface area (TPSA) is 86.3 Å². The van der Waals surface area contributed by atoms with Crippen molar-refractivity contribution >= 4 is 17.5 Å². The maximum atomic E-state index is 14.5. The monoisotopic (exact) mass is 551 g/mol. The van der Waals surface area contributed by atoms with Crippen molar-refractivity contribution in [1.82, 2.24) is 9.80 Å². The van der Waals surface area contributed by atoms with E-state index in [0.717, 1.165) is 70.0 Å². The van der Waals surface area contributed by atoms with Gasteiger partial charge in [0.05, 0.1) is 32.7 Å². The molecule has 1 atom stereocenters. The van der Waals surface area contributed by atoms with Gasteiger partial charge >= 0.3 is 0 Å². The fourth-order valence-electron chi connectivity index (χ4n) is 6.72. The Morgan fingerprint density at radius 3 is 2.15 bits per heavy atom. The maximum Gasteiger partial charge on any atom is 0.254 e. The second-order valence-electron chi connectivity index (χ2n) is 11.7. The molecule has 1 saturated carbocycles. The zero-order valence-electron chi connectivity index (χ0n) is 23.3. The molecule has 6 rings (SSSR count). The predicted molar refractivity (Wildman–Crippen MR) is 150 cm³/mol. The van der Waals surface area contributed by atoms with Crippen LogP contribution in [0.1, 0.15) is 64.3 Å². The van der Waals surface area contributed by atoms with Crippen LogP contribution in [0.4, 0.5) is 10.1 Å². The molecule has 0 bridgehead atoms. The van der Waals surface area contributed by atoms with Gasteiger partial charge < -0.3 is 30.1 Å². The summed E-state index contributed by atoms with van der Waals surface area (Å²) in [6, 6.07) is 10.6. The summed E-state index contributed by atoms with van der Waals surface area (Å²) < 4.78 is 20.9. The number of nitrogens with zero attached hydrogens (tertiary/aromatic N) is 3. The van der Waals surface area contributed by atoms with Crippen LogP contribution in [0, 0.1) is 5.82 Å². The number of quaternary nitrogens is 2. The largest absolute Gasteiger partial charge is 0.484 e. The molecule has 0 spiro atoms. The van der Waals surface area contributed by atoms with E-state index in [-0.39, 0.29) is 23.7 Å². The highest BCUT2D eigenvalue weighted by atomic mass is 19.1. The quantitative estimate of drug-likeness (QED) is 0.565. The van der Waals surface area contributed by atoms with Gasteiger partial charge in [-0.05, 0) is 60.7 Å². The van der Waals surface area contributed by atoms with Gasteiger partial charge in [0.15, 0.2) is 6.10 Å². The number of hydrogen-bond acceptors (Lipinski definition) is 4. The van der Waals surface area contributed by atoms with Crippen molar-refractivity contribution < 1.29 is 29.3 Å². The maximum absolute atomic E-state index is 14.5. The van der Waals surface area contributed by atoms with E-state index < -0.39 is 0 Å². The van der Waals surface area contributed by atoms with E-state index in [0.29, 0.717) is 43.2 Å². The van der Waals surface area contributed by atoms with E-state index in [9.17, 15) is 14.0 Å². The summed E-state index contributed by atoms with van der Waals surface area (Å²) in [5, 5.41) is 4.54. The first-order chi connectivity index (χ1) is 19.5. The Morgan fingerprint density at radius 1 is 0.775 bits per heavy atom. The fourth-order valence-corrected chi connectivity index (χ4v) is 6.72. The second-order valence-corrected chi connectivity index (χ2v) is 11.7. The molecule has 2 amide bonds. The third-order valence-electron chi connectivity index (χ3n) is 9.02. The summed E-state index contributed by atoms with van der Waals surface area (Å²) in [4.78, 5) is 32.6. The van der Waals surface area contributed by atoms with Crippen molar-refractivity contribution in [2.75, 3.05) is 70.3 Å². The second kappa shape index (κ2) is 12.1. The molecule has 40 heavy (non-hydrogen) atoms. The number of carbonyl (C=O) groups excluding carboxylic acids is 2. The Kier molecular flexibility index (Phi) is 8.20. The van der Waals surface area contributed by atoms with Crippen LogP contribution in [0.25, 0.3) is 0 Å². The van der Waals surface area contributed by atoms with Crippen LogP contribution in [0.3, 0.4) is 0 Å². The number of carbonyl (C=O) groups is 2. The lowest BCUT2D eigenvalue weighted by Gasteiger charge is -2.35. The van der Waals surface area contributed by atoms with E-state index in [4.69, 9.17) is 4.74 Å². The molecular formula is C31H42FN5O3+2. The third-order valence-corrected chi connectivity index (χ3v) is 9.02. The van der Waals surface area contributed by atoms with Crippen molar-refractivity contribution in [3.8, 4) is 5.75 Å². The number of rotatable bonds is 6. The Balaban J connectivity index is 1.11. The molecule has 0 unspecified atom stereocenters. The molecule has 3 heterocycles. The molecule has 4 N–H and O–H groups in total. The lowest BCUT2D eigenvalue weighted by molar-refractivity contribution is -0.655. The molecule has 214 valence electrons. The minimum atomic E-state index is -0.388. The summed E-state index contributed by atoms with van der Waals surface area (Å²) in [5.74, 6) is 0.826. The molecule has 3 aliphatic heterocycles. The van der Waals surface area contributed by atoms with Crippen LogP contribution in [-0.4, -0.2) is 93.2 Å². The van der Waals surface area contributed by atoms with Gasteiger partial charge in [0.2, 0.25) is 0 Å². The zero-order chi connectivity index (χ0) is 27.5. The number of amides is 2. The highest BCUT2D eigenvalue weighted by molar-refractivity contribution is 5.96. The Morgan fingerprint density at radius 2 is 1.48 bits per heavy atom. The van der Waals surface area contributed by atoms with Crippen LogP contribution in [-0.2, 0) is 0 Å². The Labute approximate surface area is 235 Å². The Hall–Kier alpha value is -3.17. The minimum absolute atomic E-state index is 0.00189. The molecule has 0 radical (unpaired) electrons. The molecule has 2 aromatic carbocycles. The van der Waals surface area contributed by atoms with E-state index in [2.05, 4.69) is 21.6 Å². The fraction of sp³-hybridized carbons (Fsp3) is 0.548. The van der Waals surface area contributed by atoms with E-state index >= 15 is 0 Å². The van der Waals surface area contributed by atoms with Crippen LogP contribution >= 0.6 is 0 Å². The number of benzene rings is 2. The average molecular weight is 552 g/mol. The van der Waals surface area contributed by atoms with Gasteiger partial charge in [-0.25, -0.2) is 4.39 Å². The normalized spacial score (nSPS) is 22.1. The van der Waals surface area contributed by atoms with Crippen molar-refractivity contribution in [1.29, 1.82) is 0 Å². The molecule has 9 heteroatoms. The van der Waals surface area contributed by atoms with Crippen molar-refractivity contribution in [3.63, 3.8) is 0 Å². The molecule has 8 nitrogen and oxygen atoms in total. The summed E-state index contributed by atoms with van der Waals surface area (Å²) in [5.41, 5.74) is 3.01. The SMILES string of the molecule is O=C(c1cc(F)cc(N2CC[NH2+]CC2)c1)N1CCN(C(=O)c2ccc(O[C@H]3CC[NH2+]C3)c(C3CCCC3)c2)CC1. The van der Waals surface area contributed by atoms with E-state index in [1.165, 1.54) is 30.5 Å². The van der Waals surface area contributed by atoms with Gasteiger partial charge in [0.25, 0.3) is 11.8 Å². The van der Waals surface area contributed by atoms with Crippen molar-refractivity contribution in [2.24, 2.45) is 0 Å². The Bertz CT molecular complexity index is 1210. The summed E-state index contributed by atoms with van der Waals surface area (Å²) >= 11 is 0. The third kappa shape index (κ3) is 5.95. The standard InChI is InChI=1S/C31H40FN5O3/c32-25-17-24(18-26(20-25)35-11-9-33-10-12-35)31(39)37-15-13-36(14-16-37)30(38)23-5-6-29(40-27-7-8-34-21-27)28(19-23)22-3-1-2-4-22/h5-6,17-20,22,27,33-34H,1-4,7-16,21H2/p+2/t27-/m0/s1. The highest BCUT2D eigenvalue weighted by Crippen LogP contribution is 2.40. The number of halogens is 1. The van der Waals surface area contributed by atoms with Crippen LogP contribution in [0.15, 0.2) is 36.4 Å². The first-order valence-electron chi connectivity index (χ1n) is 15.1. The van der Waals surface area contributed by atoms with Crippen LogP contribution in [0.5, 0.6) is 5.75 Å². The van der Waals surface area contributed by atoms with Crippen LogP contribution < -0.4 is 20.3 Å². The number of piperazine rings is 2. The smallest absolute Gasteiger partial charge is 0.254 e. The number of anilines is 1. The summed E-state index contributed by atoms with van der Waals surface area (Å²) in [6.07, 6.45) is 6.02. The zero-order valence-corrected chi connectivity index (χ0v) is 23.3. The lowest BCUT2D eigenvalue weighted by atomic mass is 9.94. The minimum Gasteiger partial charge on any atom is -0.484 e.